The van der Waals surface area contributed by atoms with Crippen LogP contribution in [0, 0.1) is 5.41 Å². The fraction of sp³-hybridized carbons (Fsp3) is 0.500. The van der Waals surface area contributed by atoms with Crippen molar-refractivity contribution in [2.24, 2.45) is 10.6 Å². The zero-order valence-corrected chi connectivity index (χ0v) is 12.8. The summed E-state index contributed by atoms with van der Waals surface area (Å²) in [4.78, 5) is 7.29. The fourth-order valence-corrected chi connectivity index (χ4v) is 4.45. The van der Waals surface area contributed by atoms with Crippen LogP contribution in [0.15, 0.2) is 33.9 Å². The summed E-state index contributed by atoms with van der Waals surface area (Å²) in [6.45, 7) is 6.05. The molecule has 5 nitrogen and oxygen atoms in total. The van der Waals surface area contributed by atoms with E-state index in [2.05, 4.69) is 35.8 Å². The molecule has 6 heteroatoms. The van der Waals surface area contributed by atoms with Crippen molar-refractivity contribution in [1.82, 2.24) is 14.7 Å². The Labute approximate surface area is 126 Å². The van der Waals surface area contributed by atoms with Crippen LogP contribution in [0.4, 0.5) is 0 Å². The molecule has 0 amide bonds. The Hall–Kier alpha value is -0.950. The van der Waals surface area contributed by atoms with Crippen LogP contribution in [-0.2, 0) is 0 Å². The minimum Gasteiger partial charge on any atom is -0.411 e. The topological polar surface area (TPSA) is 42.3 Å². The first kappa shape index (κ1) is 12.8. The van der Waals surface area contributed by atoms with Gasteiger partial charge < -0.3 is 5.21 Å². The van der Waals surface area contributed by atoms with Crippen molar-refractivity contribution in [3.63, 3.8) is 0 Å². The Balaban J connectivity index is 1.75. The Kier molecular flexibility index (Phi) is 2.89. The molecule has 4 aliphatic heterocycles. The summed E-state index contributed by atoms with van der Waals surface area (Å²) in [7, 11) is 0. The van der Waals surface area contributed by atoms with Gasteiger partial charge in [0.2, 0.25) is 0 Å². The van der Waals surface area contributed by atoms with Gasteiger partial charge in [-0.25, -0.2) is 0 Å². The Morgan fingerprint density at radius 3 is 2.20 bits per heavy atom. The molecule has 0 unspecified atom stereocenters. The van der Waals surface area contributed by atoms with Crippen LogP contribution in [0.2, 0.25) is 0 Å². The van der Waals surface area contributed by atoms with Gasteiger partial charge in [0.15, 0.2) is 0 Å². The highest BCUT2D eigenvalue weighted by atomic mass is 79.9. The highest BCUT2D eigenvalue weighted by Crippen LogP contribution is 2.38. The first-order valence-electron chi connectivity index (χ1n) is 6.84. The van der Waals surface area contributed by atoms with Crippen molar-refractivity contribution >= 4 is 21.6 Å². The molecular weight excluding hydrogens is 320 g/mol. The summed E-state index contributed by atoms with van der Waals surface area (Å²) in [6.07, 6.45) is 0. The van der Waals surface area contributed by atoms with Gasteiger partial charge in [-0.05, 0) is 12.1 Å². The summed E-state index contributed by atoms with van der Waals surface area (Å²) in [6, 6.07) is 8.05. The average Bonchev–Trinajstić information content (AvgIpc) is 2.37. The molecule has 1 aromatic rings. The van der Waals surface area contributed by atoms with Crippen LogP contribution in [0.5, 0.6) is 0 Å². The van der Waals surface area contributed by atoms with E-state index < -0.39 is 0 Å². The van der Waals surface area contributed by atoms with Gasteiger partial charge in [-0.15, -0.1) is 0 Å². The minimum atomic E-state index is -0.0791. The van der Waals surface area contributed by atoms with E-state index in [1.54, 1.807) is 0 Å². The molecule has 4 saturated heterocycles. The standard InChI is InChI=1S/C14H17BrN4O/c15-12-3-1-2-11(4-12)13(16-20)14-5-17-8-18(6-14)10-19(7-14)9-17/h1-4,20H,5-10H2. The molecular formula is C14H17BrN4O. The normalized spacial score (nSPS) is 39.2. The molecule has 4 bridgehead atoms. The first-order chi connectivity index (χ1) is 9.68. The third-order valence-corrected chi connectivity index (χ3v) is 4.97. The second-order valence-corrected chi connectivity index (χ2v) is 7.07. The smallest absolute Gasteiger partial charge is 0.0968 e. The number of hydrogen-bond acceptors (Lipinski definition) is 5. The Morgan fingerprint density at radius 1 is 1.10 bits per heavy atom. The number of oxime groups is 1. The monoisotopic (exact) mass is 336 g/mol. The zero-order chi connectivity index (χ0) is 13.7. The molecule has 4 aliphatic rings. The maximum atomic E-state index is 9.65. The summed E-state index contributed by atoms with van der Waals surface area (Å²) in [5.74, 6) is 0. The van der Waals surface area contributed by atoms with E-state index in [0.717, 1.165) is 55.4 Å². The third-order valence-electron chi connectivity index (χ3n) is 4.48. The number of hydrogen-bond donors (Lipinski definition) is 1. The van der Waals surface area contributed by atoms with Gasteiger partial charge in [0, 0.05) is 29.7 Å². The molecule has 0 spiro atoms. The number of rotatable bonds is 2. The van der Waals surface area contributed by atoms with Crippen LogP contribution in [-0.4, -0.2) is 65.3 Å². The maximum absolute atomic E-state index is 9.65. The third kappa shape index (κ3) is 1.90. The fourth-order valence-electron chi connectivity index (χ4n) is 4.05. The van der Waals surface area contributed by atoms with Crippen molar-refractivity contribution in [2.45, 2.75) is 0 Å². The predicted molar refractivity (Wildman–Crippen MR) is 79.6 cm³/mol. The van der Waals surface area contributed by atoms with Crippen molar-refractivity contribution in [3.05, 3.63) is 34.3 Å². The van der Waals surface area contributed by atoms with Crippen LogP contribution in [0.3, 0.4) is 0 Å². The molecule has 0 aliphatic carbocycles. The average molecular weight is 337 g/mol. The summed E-state index contributed by atoms with van der Waals surface area (Å²) in [5.41, 5.74) is 1.75. The summed E-state index contributed by atoms with van der Waals surface area (Å²) >= 11 is 3.50. The van der Waals surface area contributed by atoms with E-state index in [1.165, 1.54) is 0 Å². The molecule has 106 valence electrons. The van der Waals surface area contributed by atoms with Gasteiger partial charge in [-0.3, -0.25) is 14.7 Å². The van der Waals surface area contributed by atoms with E-state index in [4.69, 9.17) is 0 Å². The van der Waals surface area contributed by atoms with E-state index in [9.17, 15) is 5.21 Å². The second kappa shape index (κ2) is 4.53. The lowest BCUT2D eigenvalue weighted by Crippen LogP contribution is -2.74. The van der Waals surface area contributed by atoms with Gasteiger partial charge in [0.25, 0.3) is 0 Å². The molecule has 4 fully saturated rings. The minimum absolute atomic E-state index is 0.0791. The zero-order valence-electron chi connectivity index (χ0n) is 11.2. The molecule has 1 aromatic carbocycles. The van der Waals surface area contributed by atoms with E-state index >= 15 is 0 Å². The quantitative estimate of drug-likeness (QED) is 0.504. The van der Waals surface area contributed by atoms with Crippen LogP contribution in [0.1, 0.15) is 5.56 Å². The summed E-state index contributed by atoms with van der Waals surface area (Å²) < 4.78 is 1.02. The van der Waals surface area contributed by atoms with Crippen LogP contribution >= 0.6 is 15.9 Å². The molecule has 4 heterocycles. The van der Waals surface area contributed by atoms with Crippen molar-refractivity contribution < 1.29 is 5.21 Å². The lowest BCUT2D eigenvalue weighted by atomic mass is 9.74. The van der Waals surface area contributed by atoms with Gasteiger partial charge in [-0.2, -0.15) is 0 Å². The predicted octanol–water partition coefficient (Wildman–Crippen LogP) is 1.43. The molecule has 0 saturated carbocycles. The lowest BCUT2D eigenvalue weighted by Gasteiger charge is -2.60. The van der Waals surface area contributed by atoms with Crippen molar-refractivity contribution in [2.75, 3.05) is 39.6 Å². The Bertz CT molecular complexity index is 539. The van der Waals surface area contributed by atoms with Gasteiger partial charge in [0.1, 0.15) is 0 Å². The number of nitrogens with zero attached hydrogens (tertiary/aromatic N) is 4. The largest absolute Gasteiger partial charge is 0.411 e. The lowest BCUT2D eigenvalue weighted by molar-refractivity contribution is -0.149. The molecule has 0 radical (unpaired) electrons. The second-order valence-electron chi connectivity index (χ2n) is 6.15. The van der Waals surface area contributed by atoms with Gasteiger partial charge in [-0.1, -0.05) is 33.2 Å². The molecule has 1 N–H and O–H groups in total. The van der Waals surface area contributed by atoms with Gasteiger partial charge >= 0.3 is 0 Å². The SMILES string of the molecule is ON=C(c1cccc(Br)c1)C12CN3CN(CN(C3)C1)C2. The first-order valence-corrected chi connectivity index (χ1v) is 7.63. The molecule has 20 heavy (non-hydrogen) atoms. The molecule has 0 atom stereocenters. The molecule has 5 rings (SSSR count). The number of benzene rings is 1. The maximum Gasteiger partial charge on any atom is 0.0968 e. The highest BCUT2D eigenvalue weighted by molar-refractivity contribution is 9.10. The van der Waals surface area contributed by atoms with E-state index in [1.807, 2.05) is 24.3 Å². The van der Waals surface area contributed by atoms with Crippen LogP contribution in [0.25, 0.3) is 0 Å². The summed E-state index contributed by atoms with van der Waals surface area (Å²) in [5, 5.41) is 13.4. The van der Waals surface area contributed by atoms with E-state index in [-0.39, 0.29) is 5.41 Å². The van der Waals surface area contributed by atoms with E-state index in [0.29, 0.717) is 0 Å². The number of halogens is 1. The van der Waals surface area contributed by atoms with Crippen molar-refractivity contribution in [1.29, 1.82) is 0 Å². The highest BCUT2D eigenvalue weighted by Gasteiger charge is 2.52. The molecule has 0 aromatic heterocycles. The van der Waals surface area contributed by atoms with Crippen LogP contribution < -0.4 is 0 Å². The van der Waals surface area contributed by atoms with Gasteiger partial charge in [0.05, 0.1) is 31.1 Å². The van der Waals surface area contributed by atoms with Crippen molar-refractivity contribution in [3.8, 4) is 0 Å². The Morgan fingerprint density at radius 2 is 1.70 bits per heavy atom.